The fraction of sp³-hybridized carbons (Fsp3) is 0.333. The van der Waals surface area contributed by atoms with E-state index in [4.69, 9.17) is 5.73 Å². The first-order valence-corrected chi connectivity index (χ1v) is 3.97. The summed E-state index contributed by atoms with van der Waals surface area (Å²) in [6, 6.07) is 3.55. The third kappa shape index (κ3) is 2.26. The second-order valence-corrected chi connectivity index (χ2v) is 2.95. The first-order valence-electron chi connectivity index (χ1n) is 3.97. The van der Waals surface area contributed by atoms with Crippen molar-refractivity contribution in [2.24, 2.45) is 0 Å². The number of halogens is 5. The largest absolute Gasteiger partial charge is 0.458 e. The molecule has 0 aliphatic heterocycles. The fourth-order valence-electron chi connectivity index (χ4n) is 0.996. The SMILES string of the molecule is [NH]Cc1ccc(C(F)(F)C(F)(F)F)cc1. The Kier molecular flexibility index (Phi) is 2.99. The average molecular weight is 224 g/mol. The molecule has 0 aromatic heterocycles. The molecule has 0 fully saturated rings. The number of hydrogen-bond donors (Lipinski definition) is 0. The fourth-order valence-corrected chi connectivity index (χ4v) is 0.996. The van der Waals surface area contributed by atoms with Crippen LogP contribution in [0.2, 0.25) is 0 Å². The molecule has 1 aromatic rings. The summed E-state index contributed by atoms with van der Waals surface area (Å²) >= 11 is 0. The van der Waals surface area contributed by atoms with Crippen LogP contribution in [0.25, 0.3) is 0 Å². The second kappa shape index (κ2) is 3.77. The molecule has 0 heterocycles. The predicted molar refractivity (Wildman–Crippen MR) is 43.2 cm³/mol. The summed E-state index contributed by atoms with van der Waals surface area (Å²) in [5.41, 5.74) is 6.16. The zero-order chi connectivity index (χ0) is 11.7. The Morgan fingerprint density at radius 1 is 0.933 bits per heavy atom. The lowest BCUT2D eigenvalue weighted by molar-refractivity contribution is -0.289. The van der Waals surface area contributed by atoms with Crippen LogP contribution in [0.15, 0.2) is 24.3 Å². The van der Waals surface area contributed by atoms with Crippen LogP contribution in [-0.2, 0) is 12.5 Å². The van der Waals surface area contributed by atoms with Crippen molar-refractivity contribution >= 4 is 0 Å². The van der Waals surface area contributed by atoms with E-state index < -0.39 is 17.7 Å². The minimum atomic E-state index is -5.59. The van der Waals surface area contributed by atoms with E-state index in [0.29, 0.717) is 17.7 Å². The number of hydrogen-bond acceptors (Lipinski definition) is 0. The van der Waals surface area contributed by atoms with E-state index in [9.17, 15) is 22.0 Å². The highest BCUT2D eigenvalue weighted by atomic mass is 19.4. The number of nitrogens with one attached hydrogen (secondary N) is 1. The number of rotatable bonds is 2. The molecular weight excluding hydrogens is 217 g/mol. The van der Waals surface area contributed by atoms with Gasteiger partial charge in [0.1, 0.15) is 0 Å². The van der Waals surface area contributed by atoms with Gasteiger partial charge in [0.25, 0.3) is 0 Å². The van der Waals surface area contributed by atoms with Gasteiger partial charge in [0.2, 0.25) is 0 Å². The molecule has 0 aliphatic rings. The molecule has 1 aromatic carbocycles. The molecule has 83 valence electrons. The van der Waals surface area contributed by atoms with Crippen molar-refractivity contribution in [2.45, 2.75) is 18.6 Å². The predicted octanol–water partition coefficient (Wildman–Crippen LogP) is 3.12. The highest BCUT2D eigenvalue weighted by Crippen LogP contribution is 2.43. The van der Waals surface area contributed by atoms with Crippen LogP contribution in [0, 0.1) is 0 Å². The van der Waals surface area contributed by atoms with Gasteiger partial charge in [-0.25, -0.2) is 0 Å². The molecule has 1 rings (SSSR count). The Morgan fingerprint density at radius 2 is 1.40 bits per heavy atom. The molecule has 0 unspecified atom stereocenters. The van der Waals surface area contributed by atoms with Gasteiger partial charge >= 0.3 is 12.1 Å². The molecule has 0 saturated heterocycles. The topological polar surface area (TPSA) is 23.8 Å². The summed E-state index contributed by atoms with van der Waals surface area (Å²) in [5, 5.41) is 0. The van der Waals surface area contributed by atoms with Gasteiger partial charge in [-0.1, -0.05) is 24.3 Å². The first-order chi connectivity index (χ1) is 6.79. The summed E-state index contributed by atoms with van der Waals surface area (Å²) < 4.78 is 61.2. The van der Waals surface area contributed by atoms with Crippen molar-refractivity contribution in [1.29, 1.82) is 0 Å². The minimum Gasteiger partial charge on any atom is -0.253 e. The Balaban J connectivity index is 3.06. The van der Waals surface area contributed by atoms with Gasteiger partial charge in [-0.05, 0) is 5.56 Å². The lowest BCUT2D eigenvalue weighted by Gasteiger charge is -2.19. The third-order valence-corrected chi connectivity index (χ3v) is 1.88. The van der Waals surface area contributed by atoms with Crippen molar-refractivity contribution in [1.82, 2.24) is 5.73 Å². The van der Waals surface area contributed by atoms with Crippen molar-refractivity contribution in [3.63, 3.8) is 0 Å². The number of benzene rings is 1. The van der Waals surface area contributed by atoms with Gasteiger partial charge in [-0.3, -0.25) is 5.73 Å². The monoisotopic (exact) mass is 224 g/mol. The zero-order valence-electron chi connectivity index (χ0n) is 7.41. The normalized spacial score (nSPS) is 12.9. The van der Waals surface area contributed by atoms with Crippen molar-refractivity contribution in [3.8, 4) is 0 Å². The van der Waals surface area contributed by atoms with Gasteiger partial charge in [0, 0.05) is 12.1 Å². The van der Waals surface area contributed by atoms with Crippen LogP contribution < -0.4 is 5.73 Å². The van der Waals surface area contributed by atoms with Crippen LogP contribution in [-0.4, -0.2) is 6.18 Å². The van der Waals surface area contributed by atoms with Crippen molar-refractivity contribution in [3.05, 3.63) is 35.4 Å². The Bertz CT molecular complexity index is 327. The average Bonchev–Trinajstić information content (AvgIpc) is 2.16. The molecular formula is C9H7F5N. The first kappa shape index (κ1) is 11.9. The molecule has 1 nitrogen and oxygen atoms in total. The van der Waals surface area contributed by atoms with Gasteiger partial charge < -0.3 is 0 Å². The zero-order valence-corrected chi connectivity index (χ0v) is 7.41. The highest BCUT2D eigenvalue weighted by molar-refractivity contribution is 5.26. The minimum absolute atomic E-state index is 0.155. The quantitative estimate of drug-likeness (QED) is 0.689. The lowest BCUT2D eigenvalue weighted by Crippen LogP contribution is -2.33. The Labute approximate surface area is 82.7 Å². The molecule has 1 radical (unpaired) electrons. The summed E-state index contributed by atoms with van der Waals surface area (Å²) in [6.45, 7) is -0.155. The molecule has 0 saturated carbocycles. The molecule has 0 amide bonds. The highest BCUT2D eigenvalue weighted by Gasteiger charge is 2.58. The summed E-state index contributed by atoms with van der Waals surface area (Å²) in [7, 11) is 0. The maximum Gasteiger partial charge on any atom is 0.458 e. The van der Waals surface area contributed by atoms with Gasteiger partial charge in [-0.2, -0.15) is 22.0 Å². The van der Waals surface area contributed by atoms with Crippen LogP contribution in [0.5, 0.6) is 0 Å². The molecule has 1 N–H and O–H groups in total. The van der Waals surface area contributed by atoms with E-state index in [1.165, 1.54) is 0 Å². The molecule has 0 aliphatic carbocycles. The lowest BCUT2D eigenvalue weighted by atomic mass is 10.1. The molecule has 0 bridgehead atoms. The van der Waals surface area contributed by atoms with Crippen LogP contribution in [0.1, 0.15) is 11.1 Å². The van der Waals surface area contributed by atoms with E-state index in [-0.39, 0.29) is 6.54 Å². The maximum absolute atomic E-state index is 12.7. The standard InChI is InChI=1S/C9H7F5N/c10-8(11,9(12,13)14)7-3-1-6(5-15)2-4-7/h1-4,15H,5H2. The van der Waals surface area contributed by atoms with E-state index in [0.717, 1.165) is 12.1 Å². The van der Waals surface area contributed by atoms with Gasteiger partial charge in [-0.15, -0.1) is 0 Å². The Morgan fingerprint density at radius 3 is 1.73 bits per heavy atom. The summed E-state index contributed by atoms with van der Waals surface area (Å²) in [6.07, 6.45) is -5.59. The number of alkyl halides is 5. The van der Waals surface area contributed by atoms with Crippen molar-refractivity contribution < 1.29 is 22.0 Å². The van der Waals surface area contributed by atoms with Gasteiger partial charge in [0.15, 0.2) is 0 Å². The molecule has 15 heavy (non-hydrogen) atoms. The van der Waals surface area contributed by atoms with E-state index in [2.05, 4.69) is 0 Å². The van der Waals surface area contributed by atoms with Gasteiger partial charge in [0.05, 0.1) is 0 Å². The van der Waals surface area contributed by atoms with Crippen LogP contribution in [0.3, 0.4) is 0 Å². The molecule has 0 spiro atoms. The molecule has 0 atom stereocenters. The van der Waals surface area contributed by atoms with E-state index >= 15 is 0 Å². The smallest absolute Gasteiger partial charge is 0.253 e. The molecule has 6 heteroatoms. The maximum atomic E-state index is 12.7. The third-order valence-electron chi connectivity index (χ3n) is 1.88. The van der Waals surface area contributed by atoms with Crippen molar-refractivity contribution in [2.75, 3.05) is 0 Å². The second-order valence-electron chi connectivity index (χ2n) is 2.95. The Hall–Kier alpha value is -1.17. The summed E-state index contributed by atoms with van der Waals surface area (Å²) in [4.78, 5) is 0. The van der Waals surface area contributed by atoms with E-state index in [1.807, 2.05) is 0 Å². The van der Waals surface area contributed by atoms with Crippen LogP contribution >= 0.6 is 0 Å². The van der Waals surface area contributed by atoms with Crippen LogP contribution in [0.4, 0.5) is 22.0 Å². The van der Waals surface area contributed by atoms with E-state index in [1.54, 1.807) is 0 Å². The summed E-state index contributed by atoms with van der Waals surface area (Å²) in [5.74, 6) is -4.84.